The van der Waals surface area contributed by atoms with Crippen LogP contribution in [0.1, 0.15) is 5.56 Å². The standard InChI is InChI=1S/C10H4Cl3N5/c11-6-2-1-5(4-14)7(3-6)15-10-17-8(12)16-9(13)18-10/h1-3H,(H,15,16,17,18). The molecule has 0 aliphatic carbocycles. The third-order valence-electron chi connectivity index (χ3n) is 1.93. The molecule has 0 radical (unpaired) electrons. The van der Waals surface area contributed by atoms with E-state index in [1.807, 2.05) is 6.07 Å². The summed E-state index contributed by atoms with van der Waals surface area (Å²) in [5.74, 6) is 0.138. The molecule has 0 fully saturated rings. The predicted octanol–water partition coefficient (Wildman–Crippen LogP) is 3.45. The van der Waals surface area contributed by atoms with Crippen LogP contribution in [-0.4, -0.2) is 15.0 Å². The van der Waals surface area contributed by atoms with E-state index in [4.69, 9.17) is 40.1 Å². The number of hydrogen-bond acceptors (Lipinski definition) is 5. The first kappa shape index (κ1) is 12.8. The Kier molecular flexibility index (Phi) is 3.82. The Morgan fingerprint density at radius 3 is 2.33 bits per heavy atom. The lowest BCUT2D eigenvalue weighted by Crippen LogP contribution is -2.01. The Balaban J connectivity index is 2.39. The number of nitrogens with one attached hydrogen (secondary N) is 1. The quantitative estimate of drug-likeness (QED) is 0.919. The van der Waals surface area contributed by atoms with Crippen LogP contribution >= 0.6 is 34.8 Å². The van der Waals surface area contributed by atoms with Gasteiger partial charge in [0.05, 0.1) is 11.3 Å². The second-order valence-corrected chi connectivity index (χ2v) is 4.24. The lowest BCUT2D eigenvalue weighted by Gasteiger charge is -2.07. The van der Waals surface area contributed by atoms with Crippen molar-refractivity contribution in [3.63, 3.8) is 0 Å². The number of benzene rings is 1. The van der Waals surface area contributed by atoms with Crippen molar-refractivity contribution in [1.29, 1.82) is 5.26 Å². The van der Waals surface area contributed by atoms with Gasteiger partial charge in [0.15, 0.2) is 0 Å². The van der Waals surface area contributed by atoms with Gasteiger partial charge in [-0.15, -0.1) is 0 Å². The van der Waals surface area contributed by atoms with E-state index in [-0.39, 0.29) is 16.5 Å². The molecular weight excluding hydrogens is 297 g/mol. The molecule has 0 saturated carbocycles. The highest BCUT2D eigenvalue weighted by atomic mass is 35.5. The maximum absolute atomic E-state index is 8.96. The van der Waals surface area contributed by atoms with Crippen molar-refractivity contribution in [2.45, 2.75) is 0 Å². The van der Waals surface area contributed by atoms with Gasteiger partial charge < -0.3 is 5.32 Å². The summed E-state index contributed by atoms with van der Waals surface area (Å²) in [6.45, 7) is 0. The van der Waals surface area contributed by atoms with Gasteiger partial charge in [0.1, 0.15) is 6.07 Å². The highest BCUT2D eigenvalue weighted by Crippen LogP contribution is 2.23. The fraction of sp³-hybridized carbons (Fsp3) is 0. The van der Waals surface area contributed by atoms with E-state index in [2.05, 4.69) is 20.3 Å². The number of halogens is 3. The van der Waals surface area contributed by atoms with Crippen LogP contribution in [0.15, 0.2) is 18.2 Å². The minimum atomic E-state index is -0.0435. The van der Waals surface area contributed by atoms with Crippen molar-refractivity contribution >= 4 is 46.4 Å². The van der Waals surface area contributed by atoms with Crippen LogP contribution in [0, 0.1) is 11.3 Å². The van der Waals surface area contributed by atoms with Crippen molar-refractivity contribution in [2.24, 2.45) is 0 Å². The zero-order valence-corrected chi connectivity index (χ0v) is 10.9. The molecule has 0 atom stereocenters. The zero-order chi connectivity index (χ0) is 13.1. The van der Waals surface area contributed by atoms with Gasteiger partial charge in [-0.1, -0.05) is 11.6 Å². The number of nitrogens with zero attached hydrogens (tertiary/aromatic N) is 4. The van der Waals surface area contributed by atoms with E-state index in [9.17, 15) is 0 Å². The van der Waals surface area contributed by atoms with E-state index in [1.165, 1.54) is 0 Å². The number of nitriles is 1. The van der Waals surface area contributed by atoms with Crippen LogP contribution in [0.4, 0.5) is 11.6 Å². The molecule has 0 spiro atoms. The number of rotatable bonds is 2. The number of aromatic nitrogens is 3. The molecule has 2 aromatic rings. The van der Waals surface area contributed by atoms with E-state index in [0.717, 1.165) is 0 Å². The summed E-state index contributed by atoms with van der Waals surface area (Å²) in [7, 11) is 0. The van der Waals surface area contributed by atoms with Crippen LogP contribution in [0.3, 0.4) is 0 Å². The highest BCUT2D eigenvalue weighted by Gasteiger charge is 2.07. The molecule has 1 aromatic carbocycles. The average Bonchev–Trinajstić information content (AvgIpc) is 2.27. The maximum Gasteiger partial charge on any atom is 0.232 e. The molecular formula is C10H4Cl3N5. The van der Waals surface area contributed by atoms with Crippen LogP contribution in [0.5, 0.6) is 0 Å². The number of hydrogen-bond donors (Lipinski definition) is 1. The van der Waals surface area contributed by atoms with Crippen molar-refractivity contribution in [2.75, 3.05) is 5.32 Å². The summed E-state index contributed by atoms with van der Waals surface area (Å²) < 4.78 is 0. The van der Waals surface area contributed by atoms with Crippen LogP contribution in [-0.2, 0) is 0 Å². The highest BCUT2D eigenvalue weighted by molar-refractivity contribution is 6.31. The third-order valence-corrected chi connectivity index (χ3v) is 2.50. The first-order valence-corrected chi connectivity index (χ1v) is 5.75. The van der Waals surface area contributed by atoms with Gasteiger partial charge in [0.2, 0.25) is 16.5 Å². The maximum atomic E-state index is 8.96. The van der Waals surface area contributed by atoms with Crippen LogP contribution < -0.4 is 5.32 Å². The fourth-order valence-electron chi connectivity index (χ4n) is 1.22. The molecule has 1 N–H and O–H groups in total. The molecule has 2 rings (SSSR count). The molecule has 0 aliphatic heterocycles. The Hall–Kier alpha value is -1.61. The summed E-state index contributed by atoms with van der Waals surface area (Å²) in [4.78, 5) is 11.3. The minimum Gasteiger partial charge on any atom is -0.323 e. The van der Waals surface area contributed by atoms with Crippen molar-refractivity contribution in [1.82, 2.24) is 15.0 Å². The molecule has 5 nitrogen and oxygen atoms in total. The van der Waals surface area contributed by atoms with Crippen molar-refractivity contribution in [3.05, 3.63) is 39.4 Å². The monoisotopic (exact) mass is 299 g/mol. The molecule has 90 valence electrons. The summed E-state index contributed by atoms with van der Waals surface area (Å²) in [6, 6.07) is 6.78. The van der Waals surface area contributed by atoms with E-state index < -0.39 is 0 Å². The largest absolute Gasteiger partial charge is 0.323 e. The van der Waals surface area contributed by atoms with Crippen molar-refractivity contribution < 1.29 is 0 Å². The Labute approximate surface area is 117 Å². The van der Waals surface area contributed by atoms with E-state index >= 15 is 0 Å². The summed E-state index contributed by atoms with van der Waals surface area (Å²) in [6.07, 6.45) is 0. The lowest BCUT2D eigenvalue weighted by molar-refractivity contribution is 1.05. The minimum absolute atomic E-state index is 0.0435. The van der Waals surface area contributed by atoms with E-state index in [0.29, 0.717) is 16.3 Å². The second-order valence-electron chi connectivity index (χ2n) is 3.12. The van der Waals surface area contributed by atoms with Gasteiger partial charge in [-0.2, -0.15) is 20.2 Å². The topological polar surface area (TPSA) is 74.5 Å². The Bertz CT molecular complexity index is 618. The predicted molar refractivity (Wildman–Crippen MR) is 69.3 cm³/mol. The van der Waals surface area contributed by atoms with Gasteiger partial charge in [-0.3, -0.25) is 0 Å². The van der Waals surface area contributed by atoms with Gasteiger partial charge in [-0.25, -0.2) is 0 Å². The van der Waals surface area contributed by atoms with Crippen LogP contribution in [0.2, 0.25) is 15.6 Å². The molecule has 1 aromatic heterocycles. The smallest absolute Gasteiger partial charge is 0.232 e. The van der Waals surface area contributed by atoms with Gasteiger partial charge in [0, 0.05) is 5.02 Å². The molecule has 0 bridgehead atoms. The summed E-state index contributed by atoms with van der Waals surface area (Å²) >= 11 is 17.1. The summed E-state index contributed by atoms with van der Waals surface area (Å²) in [5, 5.41) is 12.2. The van der Waals surface area contributed by atoms with Gasteiger partial charge in [-0.05, 0) is 41.4 Å². The molecule has 8 heteroatoms. The van der Waals surface area contributed by atoms with Gasteiger partial charge >= 0.3 is 0 Å². The molecule has 0 saturated heterocycles. The van der Waals surface area contributed by atoms with Gasteiger partial charge in [0.25, 0.3) is 0 Å². The molecule has 0 aliphatic rings. The molecule has 0 unspecified atom stereocenters. The number of anilines is 2. The fourth-order valence-corrected chi connectivity index (χ4v) is 1.76. The SMILES string of the molecule is N#Cc1ccc(Cl)cc1Nc1nc(Cl)nc(Cl)n1. The Morgan fingerprint density at radius 2 is 1.72 bits per heavy atom. The normalized spacial score (nSPS) is 9.89. The first-order chi connectivity index (χ1) is 8.58. The zero-order valence-electron chi connectivity index (χ0n) is 8.65. The first-order valence-electron chi connectivity index (χ1n) is 4.62. The van der Waals surface area contributed by atoms with Crippen molar-refractivity contribution in [3.8, 4) is 6.07 Å². The Morgan fingerprint density at radius 1 is 1.06 bits per heavy atom. The molecule has 1 heterocycles. The van der Waals surface area contributed by atoms with Crippen LogP contribution in [0.25, 0.3) is 0 Å². The third kappa shape index (κ3) is 2.99. The average molecular weight is 301 g/mol. The molecule has 18 heavy (non-hydrogen) atoms. The van der Waals surface area contributed by atoms with E-state index in [1.54, 1.807) is 18.2 Å². The molecule has 0 amide bonds. The summed E-state index contributed by atoms with van der Waals surface area (Å²) in [5.41, 5.74) is 0.857. The lowest BCUT2D eigenvalue weighted by atomic mass is 10.2. The second kappa shape index (κ2) is 5.36.